The fourth-order valence-electron chi connectivity index (χ4n) is 1.93. The second kappa shape index (κ2) is 5.89. The molecule has 3 aromatic rings. The van der Waals surface area contributed by atoms with E-state index in [9.17, 15) is 4.79 Å². The maximum absolute atomic E-state index is 11.9. The number of hydrogen-bond donors (Lipinski definition) is 1. The third kappa shape index (κ3) is 3.35. The van der Waals surface area contributed by atoms with E-state index >= 15 is 0 Å². The number of carbonyl (C=O) groups excluding carboxylic acids is 1. The van der Waals surface area contributed by atoms with Gasteiger partial charge in [-0.05, 0) is 37.3 Å². The highest BCUT2D eigenvalue weighted by molar-refractivity contribution is 7.19. The average Bonchev–Trinajstić information content (AvgIpc) is 2.90. The van der Waals surface area contributed by atoms with Gasteiger partial charge in [0.15, 0.2) is 0 Å². The summed E-state index contributed by atoms with van der Waals surface area (Å²) in [6, 6.07) is 15.6. The number of benzene rings is 2. The van der Waals surface area contributed by atoms with Gasteiger partial charge in [0, 0.05) is 11.8 Å². The minimum Gasteiger partial charge on any atom is -0.323 e. The van der Waals surface area contributed by atoms with Gasteiger partial charge in [0.1, 0.15) is 5.01 Å². The second-order valence-electron chi connectivity index (χ2n) is 4.71. The zero-order valence-corrected chi connectivity index (χ0v) is 12.4. The number of para-hydroxylation sites is 1. The second-order valence-corrected chi connectivity index (χ2v) is 5.77. The van der Waals surface area contributed by atoms with Crippen LogP contribution in [0.1, 0.15) is 10.6 Å². The molecule has 0 unspecified atom stereocenters. The lowest BCUT2D eigenvalue weighted by Crippen LogP contribution is -2.07. The van der Waals surface area contributed by atoms with Crippen molar-refractivity contribution in [3.05, 3.63) is 65.2 Å². The number of nitrogens with one attached hydrogen (secondary N) is 1. The molecule has 0 bridgehead atoms. The van der Waals surface area contributed by atoms with Gasteiger partial charge >= 0.3 is 0 Å². The van der Waals surface area contributed by atoms with Crippen LogP contribution in [-0.4, -0.2) is 10.9 Å². The number of carbonyl (C=O) groups is 1. The molecule has 1 N–H and O–H groups in total. The maximum atomic E-state index is 11.9. The van der Waals surface area contributed by atoms with Crippen LogP contribution in [0.3, 0.4) is 0 Å². The molecule has 0 fully saturated rings. The number of hydrogen-bond acceptors (Lipinski definition) is 3. The lowest BCUT2D eigenvalue weighted by atomic mass is 10.2. The van der Waals surface area contributed by atoms with E-state index in [1.165, 1.54) is 6.08 Å². The van der Waals surface area contributed by atoms with Crippen LogP contribution in [0.4, 0.5) is 5.69 Å². The predicted octanol–water partition coefficient (Wildman–Crippen LogP) is 4.26. The number of thiazole rings is 1. The largest absolute Gasteiger partial charge is 0.323 e. The van der Waals surface area contributed by atoms with Crippen molar-refractivity contribution in [1.82, 2.24) is 4.98 Å². The van der Waals surface area contributed by atoms with E-state index in [0.717, 1.165) is 26.5 Å². The van der Waals surface area contributed by atoms with E-state index in [2.05, 4.69) is 10.3 Å². The van der Waals surface area contributed by atoms with Gasteiger partial charge < -0.3 is 5.32 Å². The van der Waals surface area contributed by atoms with E-state index in [0.29, 0.717) is 0 Å². The third-order valence-electron chi connectivity index (χ3n) is 3.01. The highest BCUT2D eigenvalue weighted by Gasteiger charge is 2.01. The van der Waals surface area contributed by atoms with Crippen molar-refractivity contribution in [2.45, 2.75) is 6.92 Å². The Morgan fingerprint density at radius 2 is 1.90 bits per heavy atom. The van der Waals surface area contributed by atoms with Crippen LogP contribution in [-0.2, 0) is 4.79 Å². The first-order valence-corrected chi connectivity index (χ1v) is 7.44. The summed E-state index contributed by atoms with van der Waals surface area (Å²) in [6.45, 7) is 2.01. The fraction of sp³-hybridized carbons (Fsp3) is 0.0588. The summed E-state index contributed by atoms with van der Waals surface area (Å²) in [7, 11) is 0. The molecule has 0 saturated heterocycles. The summed E-state index contributed by atoms with van der Waals surface area (Å²) in [5.41, 5.74) is 2.92. The quantitative estimate of drug-likeness (QED) is 0.733. The molecule has 104 valence electrons. The van der Waals surface area contributed by atoms with Crippen molar-refractivity contribution >= 4 is 39.2 Å². The van der Waals surface area contributed by atoms with Crippen molar-refractivity contribution in [3.63, 3.8) is 0 Å². The number of aromatic nitrogens is 1. The Morgan fingerprint density at radius 1 is 1.14 bits per heavy atom. The molecule has 1 heterocycles. The smallest absolute Gasteiger partial charge is 0.248 e. The first-order chi connectivity index (χ1) is 10.2. The minimum absolute atomic E-state index is 0.155. The number of fused-ring (bicyclic) bond motifs is 1. The van der Waals surface area contributed by atoms with E-state index in [-0.39, 0.29) is 5.91 Å². The van der Waals surface area contributed by atoms with Gasteiger partial charge in [-0.3, -0.25) is 4.79 Å². The molecule has 0 radical (unpaired) electrons. The number of anilines is 1. The maximum Gasteiger partial charge on any atom is 0.248 e. The molecule has 0 aliphatic rings. The van der Waals surface area contributed by atoms with Crippen LogP contribution in [0, 0.1) is 6.92 Å². The van der Waals surface area contributed by atoms with Crippen LogP contribution in [0.15, 0.2) is 54.6 Å². The van der Waals surface area contributed by atoms with Crippen LogP contribution in [0.5, 0.6) is 0 Å². The predicted molar refractivity (Wildman–Crippen MR) is 88.5 cm³/mol. The lowest BCUT2D eigenvalue weighted by Gasteiger charge is -2.01. The molecule has 0 spiro atoms. The molecular weight excluding hydrogens is 280 g/mol. The van der Waals surface area contributed by atoms with Gasteiger partial charge in [-0.25, -0.2) is 4.98 Å². The number of nitrogens with zero attached hydrogens (tertiary/aromatic N) is 1. The Labute approximate surface area is 127 Å². The van der Waals surface area contributed by atoms with Crippen molar-refractivity contribution < 1.29 is 4.79 Å². The molecular formula is C17H14N2OS. The normalized spacial score (nSPS) is 11.1. The fourth-order valence-corrected chi connectivity index (χ4v) is 2.80. The van der Waals surface area contributed by atoms with E-state index < -0.39 is 0 Å². The highest BCUT2D eigenvalue weighted by atomic mass is 32.1. The SMILES string of the molecule is Cc1ccc(NC(=O)/C=C/c2nc3ccccc3s2)cc1. The Balaban J connectivity index is 1.70. The van der Waals surface area contributed by atoms with Crippen molar-refractivity contribution in [1.29, 1.82) is 0 Å². The molecule has 0 aliphatic carbocycles. The monoisotopic (exact) mass is 294 g/mol. The molecule has 0 saturated carbocycles. The van der Waals surface area contributed by atoms with Crippen LogP contribution in [0.25, 0.3) is 16.3 Å². The average molecular weight is 294 g/mol. The molecule has 2 aromatic carbocycles. The van der Waals surface area contributed by atoms with Gasteiger partial charge in [-0.15, -0.1) is 11.3 Å². The van der Waals surface area contributed by atoms with Gasteiger partial charge in [0.05, 0.1) is 10.2 Å². The number of aryl methyl sites for hydroxylation is 1. The van der Waals surface area contributed by atoms with Crippen LogP contribution >= 0.6 is 11.3 Å². The van der Waals surface area contributed by atoms with Gasteiger partial charge in [-0.1, -0.05) is 29.8 Å². The van der Waals surface area contributed by atoms with Crippen molar-refractivity contribution in [2.24, 2.45) is 0 Å². The number of rotatable bonds is 3. The number of amides is 1. The molecule has 0 aliphatic heterocycles. The van der Waals surface area contributed by atoms with E-state index in [1.54, 1.807) is 17.4 Å². The van der Waals surface area contributed by atoms with Crippen LogP contribution in [0.2, 0.25) is 0 Å². The Kier molecular flexibility index (Phi) is 3.79. The van der Waals surface area contributed by atoms with Gasteiger partial charge in [0.2, 0.25) is 5.91 Å². The lowest BCUT2D eigenvalue weighted by molar-refractivity contribution is -0.111. The third-order valence-corrected chi connectivity index (χ3v) is 4.01. The molecule has 0 atom stereocenters. The summed E-state index contributed by atoms with van der Waals surface area (Å²) in [6.07, 6.45) is 3.26. The van der Waals surface area contributed by atoms with E-state index in [4.69, 9.17) is 0 Å². The zero-order valence-electron chi connectivity index (χ0n) is 11.5. The Morgan fingerprint density at radius 3 is 2.67 bits per heavy atom. The summed E-state index contributed by atoms with van der Waals surface area (Å²) in [5.74, 6) is -0.155. The standard InChI is InChI=1S/C17H14N2OS/c1-12-6-8-13(9-7-12)18-16(20)10-11-17-19-14-4-2-3-5-15(14)21-17/h2-11H,1H3,(H,18,20)/b11-10+. The highest BCUT2D eigenvalue weighted by Crippen LogP contribution is 2.22. The first kappa shape index (κ1) is 13.5. The summed E-state index contributed by atoms with van der Waals surface area (Å²) < 4.78 is 1.12. The van der Waals surface area contributed by atoms with Gasteiger partial charge in [0.25, 0.3) is 0 Å². The summed E-state index contributed by atoms with van der Waals surface area (Å²) in [4.78, 5) is 16.3. The summed E-state index contributed by atoms with van der Waals surface area (Å²) in [5, 5.41) is 3.65. The molecule has 4 heteroatoms. The van der Waals surface area contributed by atoms with E-state index in [1.807, 2.05) is 55.5 Å². The zero-order chi connectivity index (χ0) is 14.7. The molecule has 1 aromatic heterocycles. The van der Waals surface area contributed by atoms with Gasteiger partial charge in [-0.2, -0.15) is 0 Å². The molecule has 3 nitrogen and oxygen atoms in total. The minimum atomic E-state index is -0.155. The van der Waals surface area contributed by atoms with Crippen molar-refractivity contribution in [3.8, 4) is 0 Å². The van der Waals surface area contributed by atoms with Crippen molar-refractivity contribution in [2.75, 3.05) is 5.32 Å². The summed E-state index contributed by atoms with van der Waals surface area (Å²) >= 11 is 1.57. The Bertz CT molecular complexity index is 770. The Hall–Kier alpha value is -2.46. The molecule has 3 rings (SSSR count). The first-order valence-electron chi connectivity index (χ1n) is 6.62. The van der Waals surface area contributed by atoms with Crippen LogP contribution < -0.4 is 5.32 Å². The molecule has 21 heavy (non-hydrogen) atoms. The topological polar surface area (TPSA) is 42.0 Å². The molecule has 1 amide bonds.